The minimum absolute atomic E-state index is 0. The zero-order chi connectivity index (χ0) is 11.7. The number of halogens is 1. The molecule has 0 N–H and O–H groups in total. The Hall–Kier alpha value is -1.48. The third-order valence-electron chi connectivity index (χ3n) is 3.19. The fourth-order valence-corrected chi connectivity index (χ4v) is 2.38. The standard InChI is InChI=1S/C14H17N2O.ClH/c1-2-12-11-14-15(9-6-10-17-14)16(12)13-7-4-3-5-8-13;/h3-5,7-8,11H,2,6,9-10H2,1H3;1H/q+1;/p-1. The summed E-state index contributed by atoms with van der Waals surface area (Å²) in [6, 6.07) is 12.6. The summed E-state index contributed by atoms with van der Waals surface area (Å²) in [6.45, 7) is 4.05. The quantitative estimate of drug-likeness (QED) is 0.644. The number of ether oxygens (including phenoxy) is 1. The highest BCUT2D eigenvalue weighted by Gasteiger charge is 2.27. The van der Waals surface area contributed by atoms with Crippen molar-refractivity contribution in [3.8, 4) is 11.6 Å². The van der Waals surface area contributed by atoms with Crippen molar-refractivity contribution in [2.75, 3.05) is 6.61 Å². The summed E-state index contributed by atoms with van der Waals surface area (Å²) in [4.78, 5) is 0. The molecule has 1 aliphatic heterocycles. The van der Waals surface area contributed by atoms with E-state index in [1.54, 1.807) is 0 Å². The van der Waals surface area contributed by atoms with Gasteiger partial charge in [0.25, 0.3) is 0 Å². The van der Waals surface area contributed by atoms with Crippen molar-refractivity contribution in [2.24, 2.45) is 0 Å². The van der Waals surface area contributed by atoms with Gasteiger partial charge >= 0.3 is 5.88 Å². The number of aromatic nitrogens is 2. The summed E-state index contributed by atoms with van der Waals surface area (Å²) in [5.41, 5.74) is 2.51. The van der Waals surface area contributed by atoms with Gasteiger partial charge in [-0.15, -0.1) is 4.68 Å². The van der Waals surface area contributed by atoms with E-state index in [1.807, 2.05) is 6.07 Å². The molecule has 1 aromatic carbocycles. The van der Waals surface area contributed by atoms with Crippen LogP contribution in [-0.4, -0.2) is 11.3 Å². The van der Waals surface area contributed by atoms with Crippen molar-refractivity contribution in [2.45, 2.75) is 26.3 Å². The summed E-state index contributed by atoms with van der Waals surface area (Å²) in [6.07, 6.45) is 2.09. The first-order valence-electron chi connectivity index (χ1n) is 6.23. The molecule has 0 saturated heterocycles. The Morgan fingerprint density at radius 2 is 2.06 bits per heavy atom. The molecule has 0 fully saturated rings. The van der Waals surface area contributed by atoms with Crippen LogP contribution in [0.25, 0.3) is 5.69 Å². The highest BCUT2D eigenvalue weighted by molar-refractivity contribution is 5.32. The monoisotopic (exact) mass is 264 g/mol. The third-order valence-corrected chi connectivity index (χ3v) is 3.19. The molecule has 0 unspecified atom stereocenters. The van der Waals surface area contributed by atoms with Crippen LogP contribution in [0.5, 0.6) is 5.88 Å². The van der Waals surface area contributed by atoms with Crippen molar-refractivity contribution in [1.82, 2.24) is 4.68 Å². The van der Waals surface area contributed by atoms with Gasteiger partial charge in [-0.2, -0.15) is 0 Å². The fraction of sp³-hybridized carbons (Fsp3) is 0.357. The molecule has 2 heterocycles. The van der Waals surface area contributed by atoms with E-state index in [-0.39, 0.29) is 12.4 Å². The molecule has 0 saturated carbocycles. The van der Waals surface area contributed by atoms with E-state index < -0.39 is 0 Å². The van der Waals surface area contributed by atoms with E-state index in [1.165, 1.54) is 11.4 Å². The van der Waals surface area contributed by atoms with Crippen LogP contribution in [0.4, 0.5) is 0 Å². The van der Waals surface area contributed by atoms with Crippen LogP contribution in [-0.2, 0) is 13.0 Å². The van der Waals surface area contributed by atoms with Crippen molar-refractivity contribution < 1.29 is 21.8 Å². The zero-order valence-electron chi connectivity index (χ0n) is 10.5. The molecule has 0 spiro atoms. The molecule has 0 radical (unpaired) electrons. The molecule has 18 heavy (non-hydrogen) atoms. The molecule has 96 valence electrons. The number of rotatable bonds is 2. The maximum absolute atomic E-state index is 5.71. The van der Waals surface area contributed by atoms with Gasteiger partial charge in [0, 0.05) is 6.42 Å². The van der Waals surface area contributed by atoms with Crippen molar-refractivity contribution in [3.63, 3.8) is 0 Å². The second-order valence-electron chi connectivity index (χ2n) is 4.30. The van der Waals surface area contributed by atoms with Crippen LogP contribution in [0.2, 0.25) is 0 Å². The number of benzene rings is 1. The third kappa shape index (κ3) is 2.10. The molecule has 3 nitrogen and oxygen atoms in total. The van der Waals surface area contributed by atoms with Gasteiger partial charge < -0.3 is 17.1 Å². The van der Waals surface area contributed by atoms with Crippen molar-refractivity contribution in [3.05, 3.63) is 42.1 Å². The lowest BCUT2D eigenvalue weighted by Crippen LogP contribution is -3.00. The molecule has 4 heteroatoms. The van der Waals surface area contributed by atoms with Gasteiger partial charge in [-0.05, 0) is 18.6 Å². The Bertz CT molecular complexity index is 522. The van der Waals surface area contributed by atoms with Crippen LogP contribution in [0.1, 0.15) is 19.0 Å². The van der Waals surface area contributed by atoms with E-state index in [0.29, 0.717) is 0 Å². The molecule has 0 atom stereocenters. The average molecular weight is 265 g/mol. The largest absolute Gasteiger partial charge is 1.00 e. The van der Waals surface area contributed by atoms with E-state index in [2.05, 4.69) is 46.6 Å². The Kier molecular flexibility index (Phi) is 3.92. The maximum atomic E-state index is 5.71. The molecule has 0 bridgehead atoms. The molecule has 1 aliphatic rings. The maximum Gasteiger partial charge on any atom is 0.393 e. The first-order valence-corrected chi connectivity index (χ1v) is 6.23. The first-order chi connectivity index (χ1) is 8.40. The summed E-state index contributed by atoms with van der Waals surface area (Å²) in [5.74, 6) is 0.997. The molecule has 3 rings (SSSR count). The van der Waals surface area contributed by atoms with Gasteiger partial charge in [0.15, 0.2) is 6.54 Å². The van der Waals surface area contributed by atoms with Gasteiger partial charge in [-0.1, -0.05) is 29.8 Å². The second kappa shape index (κ2) is 5.44. The van der Waals surface area contributed by atoms with Gasteiger partial charge in [-0.25, -0.2) is 0 Å². The molecular formula is C14H17ClN2O. The van der Waals surface area contributed by atoms with Crippen molar-refractivity contribution in [1.29, 1.82) is 0 Å². The van der Waals surface area contributed by atoms with Gasteiger partial charge in [0.2, 0.25) is 0 Å². The summed E-state index contributed by atoms with van der Waals surface area (Å²) in [5, 5.41) is 0. The number of para-hydroxylation sites is 1. The smallest absolute Gasteiger partial charge is 0.393 e. The minimum Gasteiger partial charge on any atom is -1.00 e. The lowest BCUT2D eigenvalue weighted by molar-refractivity contribution is -0.777. The molecule has 1 aromatic heterocycles. The van der Waals surface area contributed by atoms with E-state index in [9.17, 15) is 0 Å². The van der Waals surface area contributed by atoms with Crippen LogP contribution in [0, 0.1) is 0 Å². The predicted octanol–water partition coefficient (Wildman–Crippen LogP) is -0.886. The predicted molar refractivity (Wildman–Crippen MR) is 65.5 cm³/mol. The van der Waals surface area contributed by atoms with E-state index in [0.717, 1.165) is 31.9 Å². The van der Waals surface area contributed by atoms with Crippen LogP contribution >= 0.6 is 0 Å². The molecule has 2 aromatic rings. The molecule has 0 amide bonds. The summed E-state index contributed by atoms with van der Waals surface area (Å²) >= 11 is 0. The number of nitrogens with zero attached hydrogens (tertiary/aromatic N) is 2. The second-order valence-corrected chi connectivity index (χ2v) is 4.30. The fourth-order valence-electron chi connectivity index (χ4n) is 2.38. The number of fused-ring (bicyclic) bond motifs is 1. The Morgan fingerprint density at radius 1 is 1.28 bits per heavy atom. The highest BCUT2D eigenvalue weighted by Crippen LogP contribution is 2.18. The lowest BCUT2D eigenvalue weighted by atomic mass is 10.3. The lowest BCUT2D eigenvalue weighted by Gasteiger charge is -2.10. The first kappa shape index (κ1) is 13.0. The van der Waals surface area contributed by atoms with Crippen molar-refractivity contribution >= 4 is 0 Å². The van der Waals surface area contributed by atoms with Crippen LogP contribution in [0.3, 0.4) is 0 Å². The number of hydrogen-bond acceptors (Lipinski definition) is 1. The summed E-state index contributed by atoms with van der Waals surface area (Å²) < 4.78 is 10.2. The average Bonchev–Trinajstić information content (AvgIpc) is 2.78. The van der Waals surface area contributed by atoms with Gasteiger partial charge in [0.1, 0.15) is 12.3 Å². The Balaban J connectivity index is 0.00000120. The normalized spacial score (nSPS) is 13.4. The van der Waals surface area contributed by atoms with Crippen LogP contribution < -0.4 is 21.8 Å². The number of aryl methyl sites for hydroxylation is 1. The van der Waals surface area contributed by atoms with E-state index in [4.69, 9.17) is 4.74 Å². The Labute approximate surface area is 113 Å². The number of hydrogen-bond donors (Lipinski definition) is 0. The summed E-state index contributed by atoms with van der Waals surface area (Å²) in [7, 11) is 0. The minimum atomic E-state index is 0. The topological polar surface area (TPSA) is 18.0 Å². The highest BCUT2D eigenvalue weighted by atomic mass is 35.5. The Morgan fingerprint density at radius 3 is 2.78 bits per heavy atom. The van der Waals surface area contributed by atoms with Gasteiger partial charge in [-0.3, -0.25) is 0 Å². The SMILES string of the molecule is CCc1cc2[n+](n1-c1ccccc1)CCCO2.[Cl-]. The van der Waals surface area contributed by atoms with E-state index >= 15 is 0 Å². The molecular weight excluding hydrogens is 248 g/mol. The zero-order valence-corrected chi connectivity index (χ0v) is 11.2. The van der Waals surface area contributed by atoms with Crippen LogP contribution in [0.15, 0.2) is 36.4 Å². The molecule has 0 aliphatic carbocycles. The van der Waals surface area contributed by atoms with Gasteiger partial charge in [0.05, 0.1) is 11.8 Å².